The smallest absolute Gasteiger partial charge is 0.387 e. The standard InChI is InChI=1S/C19H20F2N2O3/c1-12-8-13(2)18(14(3)9-12)23-17(24)11-25-22-10-15-4-6-16(7-5-15)26-19(20)21/h4-10,19H,11H2,1-3H3,(H,23,24)/b22-10-. The van der Waals surface area contributed by atoms with Crippen molar-refractivity contribution in [3.05, 3.63) is 58.7 Å². The van der Waals surface area contributed by atoms with Crippen molar-refractivity contribution >= 4 is 17.8 Å². The fraction of sp³-hybridized carbons (Fsp3) is 0.263. The molecule has 0 saturated carbocycles. The number of anilines is 1. The molecule has 5 nitrogen and oxygen atoms in total. The van der Waals surface area contributed by atoms with E-state index in [4.69, 9.17) is 4.84 Å². The van der Waals surface area contributed by atoms with Crippen LogP contribution in [0.3, 0.4) is 0 Å². The lowest BCUT2D eigenvalue weighted by atomic mass is 10.1. The molecule has 0 aliphatic carbocycles. The van der Waals surface area contributed by atoms with Crippen molar-refractivity contribution < 1.29 is 23.1 Å². The Bertz CT molecular complexity index is 767. The van der Waals surface area contributed by atoms with E-state index in [0.717, 1.165) is 22.4 Å². The lowest BCUT2D eigenvalue weighted by Crippen LogP contribution is -2.18. The maximum atomic E-state index is 12.1. The van der Waals surface area contributed by atoms with Gasteiger partial charge in [0, 0.05) is 5.69 Å². The predicted octanol–water partition coefficient (Wildman–Crippen LogP) is 4.20. The van der Waals surface area contributed by atoms with Crippen LogP contribution in [0.5, 0.6) is 5.75 Å². The number of nitrogens with zero attached hydrogens (tertiary/aromatic N) is 1. The van der Waals surface area contributed by atoms with Crippen molar-refractivity contribution in [1.82, 2.24) is 0 Å². The van der Waals surface area contributed by atoms with Crippen molar-refractivity contribution in [2.75, 3.05) is 11.9 Å². The van der Waals surface area contributed by atoms with E-state index in [-0.39, 0.29) is 18.3 Å². The second-order valence-electron chi connectivity index (χ2n) is 5.78. The molecule has 0 radical (unpaired) electrons. The minimum Gasteiger partial charge on any atom is -0.435 e. The minimum absolute atomic E-state index is 0.0567. The summed E-state index contributed by atoms with van der Waals surface area (Å²) >= 11 is 0. The molecule has 0 heterocycles. The number of oxime groups is 1. The Balaban J connectivity index is 1.84. The highest BCUT2D eigenvalue weighted by Gasteiger charge is 2.08. The number of rotatable bonds is 7. The van der Waals surface area contributed by atoms with Gasteiger partial charge in [-0.2, -0.15) is 8.78 Å². The minimum atomic E-state index is -2.86. The van der Waals surface area contributed by atoms with Crippen LogP contribution in [0.1, 0.15) is 22.3 Å². The number of halogens is 2. The highest BCUT2D eigenvalue weighted by Crippen LogP contribution is 2.21. The van der Waals surface area contributed by atoms with Gasteiger partial charge in [-0.05, 0) is 61.7 Å². The molecule has 0 aliphatic heterocycles. The van der Waals surface area contributed by atoms with Crippen molar-refractivity contribution in [3.8, 4) is 5.75 Å². The van der Waals surface area contributed by atoms with Crippen LogP contribution in [-0.4, -0.2) is 25.3 Å². The largest absolute Gasteiger partial charge is 0.435 e. The average molecular weight is 362 g/mol. The van der Waals surface area contributed by atoms with E-state index < -0.39 is 6.61 Å². The van der Waals surface area contributed by atoms with Crippen LogP contribution < -0.4 is 10.1 Å². The molecule has 0 aromatic heterocycles. The second kappa shape index (κ2) is 8.94. The van der Waals surface area contributed by atoms with Gasteiger partial charge in [0.1, 0.15) is 5.75 Å². The van der Waals surface area contributed by atoms with Crippen molar-refractivity contribution in [2.24, 2.45) is 5.16 Å². The van der Waals surface area contributed by atoms with Gasteiger partial charge in [0.15, 0.2) is 6.61 Å². The number of ether oxygens (including phenoxy) is 1. The Kier molecular flexibility index (Phi) is 6.66. The number of hydrogen-bond donors (Lipinski definition) is 1. The maximum Gasteiger partial charge on any atom is 0.387 e. The molecule has 26 heavy (non-hydrogen) atoms. The molecule has 2 aromatic rings. The normalized spacial score (nSPS) is 11.0. The van der Waals surface area contributed by atoms with E-state index in [9.17, 15) is 13.6 Å². The molecule has 0 aliphatic rings. The van der Waals surface area contributed by atoms with Gasteiger partial charge in [0.05, 0.1) is 6.21 Å². The Hall–Kier alpha value is -2.96. The van der Waals surface area contributed by atoms with Crippen LogP contribution in [0.25, 0.3) is 0 Å². The fourth-order valence-electron chi connectivity index (χ4n) is 2.48. The van der Waals surface area contributed by atoms with E-state index in [2.05, 4.69) is 15.2 Å². The summed E-state index contributed by atoms with van der Waals surface area (Å²) in [7, 11) is 0. The topological polar surface area (TPSA) is 59.9 Å². The Morgan fingerprint density at radius 3 is 2.35 bits per heavy atom. The summed E-state index contributed by atoms with van der Waals surface area (Å²) in [5.74, 6) is -0.265. The number of hydrogen-bond acceptors (Lipinski definition) is 4. The molecule has 0 atom stereocenters. The third-order valence-corrected chi connectivity index (χ3v) is 3.52. The first-order valence-corrected chi connectivity index (χ1v) is 7.93. The quantitative estimate of drug-likeness (QED) is 0.593. The van der Waals surface area contributed by atoms with E-state index >= 15 is 0 Å². The zero-order valence-corrected chi connectivity index (χ0v) is 14.8. The molecule has 138 valence electrons. The summed E-state index contributed by atoms with van der Waals surface area (Å²) < 4.78 is 28.4. The molecule has 0 fully saturated rings. The van der Waals surface area contributed by atoms with Gasteiger partial charge in [0.2, 0.25) is 0 Å². The van der Waals surface area contributed by atoms with E-state index in [1.807, 2.05) is 32.9 Å². The average Bonchev–Trinajstić information content (AvgIpc) is 2.56. The molecular formula is C19H20F2N2O3. The zero-order chi connectivity index (χ0) is 19.1. The Labute approximate surface area is 150 Å². The monoisotopic (exact) mass is 362 g/mol. The van der Waals surface area contributed by atoms with Gasteiger partial charge < -0.3 is 14.9 Å². The summed E-state index contributed by atoms with van der Waals surface area (Å²) in [5.41, 5.74) is 4.47. The molecule has 2 aromatic carbocycles. The van der Waals surface area contributed by atoms with E-state index in [1.165, 1.54) is 18.3 Å². The van der Waals surface area contributed by atoms with Gasteiger partial charge in [0.25, 0.3) is 5.91 Å². The van der Waals surface area contributed by atoms with Gasteiger partial charge in [-0.25, -0.2) is 0 Å². The molecule has 0 spiro atoms. The van der Waals surface area contributed by atoms with Crippen LogP contribution >= 0.6 is 0 Å². The fourth-order valence-corrected chi connectivity index (χ4v) is 2.48. The molecule has 0 unspecified atom stereocenters. The van der Waals surface area contributed by atoms with Gasteiger partial charge in [-0.15, -0.1) is 0 Å². The third kappa shape index (κ3) is 5.84. The molecule has 1 amide bonds. The lowest BCUT2D eigenvalue weighted by molar-refractivity contribution is -0.120. The van der Waals surface area contributed by atoms with Crippen molar-refractivity contribution in [1.29, 1.82) is 0 Å². The van der Waals surface area contributed by atoms with Crippen LogP contribution in [0.4, 0.5) is 14.5 Å². The Morgan fingerprint density at radius 2 is 1.77 bits per heavy atom. The predicted molar refractivity (Wildman–Crippen MR) is 95.9 cm³/mol. The van der Waals surface area contributed by atoms with Crippen molar-refractivity contribution in [2.45, 2.75) is 27.4 Å². The number of alkyl halides is 2. The second-order valence-corrected chi connectivity index (χ2v) is 5.78. The van der Waals surface area contributed by atoms with Crippen LogP contribution in [0.2, 0.25) is 0 Å². The SMILES string of the molecule is Cc1cc(C)c(NC(=O)CO/N=C\c2ccc(OC(F)F)cc2)c(C)c1. The number of nitrogens with one attached hydrogen (secondary N) is 1. The third-order valence-electron chi connectivity index (χ3n) is 3.52. The van der Waals surface area contributed by atoms with Crippen molar-refractivity contribution in [3.63, 3.8) is 0 Å². The van der Waals surface area contributed by atoms with Gasteiger partial charge in [-0.1, -0.05) is 22.9 Å². The first kappa shape index (κ1) is 19.4. The molecule has 1 N–H and O–H groups in total. The number of amides is 1. The summed E-state index contributed by atoms with van der Waals surface area (Å²) in [6.45, 7) is 2.74. The number of carbonyl (C=O) groups excluding carboxylic acids is 1. The summed E-state index contributed by atoms with van der Waals surface area (Å²) in [6.07, 6.45) is 1.38. The Morgan fingerprint density at radius 1 is 1.15 bits per heavy atom. The number of carbonyl (C=O) groups is 1. The number of benzene rings is 2. The van der Waals surface area contributed by atoms with E-state index in [0.29, 0.717) is 5.56 Å². The van der Waals surface area contributed by atoms with Crippen LogP contribution in [-0.2, 0) is 9.63 Å². The molecule has 2 rings (SSSR count). The molecular weight excluding hydrogens is 342 g/mol. The summed E-state index contributed by atoms with van der Waals surface area (Å²) in [5, 5.41) is 6.50. The first-order chi connectivity index (χ1) is 12.3. The zero-order valence-electron chi connectivity index (χ0n) is 14.8. The molecule has 7 heteroatoms. The molecule has 0 saturated heterocycles. The first-order valence-electron chi connectivity index (χ1n) is 7.93. The number of aryl methyl sites for hydroxylation is 3. The lowest BCUT2D eigenvalue weighted by Gasteiger charge is -2.12. The summed E-state index contributed by atoms with van der Waals surface area (Å²) in [6, 6.07) is 9.85. The highest BCUT2D eigenvalue weighted by molar-refractivity contribution is 5.93. The van der Waals surface area contributed by atoms with Gasteiger partial charge >= 0.3 is 6.61 Å². The summed E-state index contributed by atoms with van der Waals surface area (Å²) in [4.78, 5) is 16.9. The molecule has 0 bridgehead atoms. The van der Waals surface area contributed by atoms with Crippen LogP contribution in [0, 0.1) is 20.8 Å². The van der Waals surface area contributed by atoms with Crippen LogP contribution in [0.15, 0.2) is 41.6 Å². The highest BCUT2D eigenvalue weighted by atomic mass is 19.3. The van der Waals surface area contributed by atoms with E-state index in [1.54, 1.807) is 12.1 Å². The maximum absolute atomic E-state index is 12.1. The van der Waals surface area contributed by atoms with Gasteiger partial charge in [-0.3, -0.25) is 4.79 Å².